The lowest BCUT2D eigenvalue weighted by Crippen LogP contribution is -2.56. The predicted octanol–water partition coefficient (Wildman–Crippen LogP) is 4.18. The van der Waals surface area contributed by atoms with Crippen molar-refractivity contribution >= 4 is 12.1 Å². The number of nitrogen functional groups attached to an aromatic ring is 1. The van der Waals surface area contributed by atoms with Gasteiger partial charge in [0.15, 0.2) is 12.1 Å². The molecule has 1 atom stereocenters. The molecular weight excluding hydrogens is 433 g/mol. The Bertz CT molecular complexity index is 1050. The minimum Gasteiger partial charge on any atom is -0.383 e. The first-order chi connectivity index (χ1) is 15.0. The molecule has 6 rings (SSSR count). The highest BCUT2D eigenvalue weighted by molar-refractivity contribution is 5.73. The molecule has 4 aliphatic rings. The molecule has 0 aromatic carbocycles. The minimum atomic E-state index is -4.66. The first kappa shape index (κ1) is 21.3. The topological polar surface area (TPSA) is 77.0 Å². The second-order valence-electron chi connectivity index (χ2n) is 9.17. The number of halogens is 5. The molecule has 0 radical (unpaired) electrons. The van der Waals surface area contributed by atoms with E-state index in [1.807, 2.05) is 0 Å². The van der Waals surface area contributed by atoms with E-state index in [1.165, 1.54) is 6.20 Å². The number of pyridine rings is 1. The summed E-state index contributed by atoms with van der Waals surface area (Å²) in [7, 11) is 0. The van der Waals surface area contributed by atoms with Gasteiger partial charge in [0.25, 0.3) is 5.92 Å². The highest BCUT2D eigenvalue weighted by atomic mass is 19.4. The third-order valence-electron chi connectivity index (χ3n) is 7.33. The Hall–Kier alpha value is -2.56. The Morgan fingerprint density at radius 2 is 1.84 bits per heavy atom. The average molecular weight is 455 g/mol. The summed E-state index contributed by atoms with van der Waals surface area (Å²) in [6.07, 6.45) is 0.836. The van der Waals surface area contributed by atoms with E-state index in [1.54, 1.807) is 10.8 Å². The van der Waals surface area contributed by atoms with Gasteiger partial charge in [-0.05, 0) is 31.2 Å². The number of anilines is 1. The summed E-state index contributed by atoms with van der Waals surface area (Å²) in [5.41, 5.74) is 4.50. The molecule has 6 nitrogen and oxygen atoms in total. The van der Waals surface area contributed by atoms with Crippen molar-refractivity contribution in [3.05, 3.63) is 29.8 Å². The second kappa shape index (κ2) is 6.97. The van der Waals surface area contributed by atoms with Gasteiger partial charge in [-0.3, -0.25) is 9.69 Å². The molecule has 1 saturated heterocycles. The Morgan fingerprint density at radius 3 is 2.47 bits per heavy atom. The van der Waals surface area contributed by atoms with E-state index < -0.39 is 23.5 Å². The van der Waals surface area contributed by atoms with Crippen LogP contribution in [0.3, 0.4) is 0 Å². The van der Waals surface area contributed by atoms with Crippen molar-refractivity contribution in [1.29, 1.82) is 0 Å². The van der Waals surface area contributed by atoms with Crippen molar-refractivity contribution in [2.24, 2.45) is 5.92 Å². The fourth-order valence-electron chi connectivity index (χ4n) is 5.67. The Morgan fingerprint density at radius 1 is 1.16 bits per heavy atom. The van der Waals surface area contributed by atoms with Crippen molar-refractivity contribution in [1.82, 2.24) is 19.4 Å². The molecule has 3 heterocycles. The number of hydrogen-bond acceptors (Lipinski definition) is 5. The van der Waals surface area contributed by atoms with Crippen molar-refractivity contribution in [3.63, 3.8) is 0 Å². The van der Waals surface area contributed by atoms with E-state index in [4.69, 9.17) is 5.73 Å². The van der Waals surface area contributed by atoms with Crippen LogP contribution in [0.15, 0.2) is 18.5 Å². The SMILES string of the molecule is Nc1ncc(-c2cn(C3CC4(N5CCC(F)(F)CC5)CC3C4)c(C=O)n2)cc1C(F)(F)F. The number of aldehydes is 1. The number of hydrogen-bond donors (Lipinski definition) is 1. The zero-order chi connectivity index (χ0) is 22.9. The van der Waals surface area contributed by atoms with E-state index in [0.29, 0.717) is 25.8 Å². The number of alkyl halides is 5. The highest BCUT2D eigenvalue weighted by Gasteiger charge is 2.60. The second-order valence-corrected chi connectivity index (χ2v) is 9.17. The monoisotopic (exact) mass is 455 g/mol. The van der Waals surface area contributed by atoms with E-state index >= 15 is 0 Å². The normalized spacial score (nSPS) is 29.7. The van der Waals surface area contributed by atoms with Crippen LogP contribution in [0.1, 0.15) is 54.3 Å². The van der Waals surface area contributed by atoms with Gasteiger partial charge in [-0.25, -0.2) is 18.7 Å². The number of rotatable bonds is 4. The van der Waals surface area contributed by atoms with E-state index in [0.717, 1.165) is 18.9 Å². The molecule has 2 bridgehead atoms. The van der Waals surface area contributed by atoms with Gasteiger partial charge in [-0.1, -0.05) is 0 Å². The standard InChI is InChI=1S/C21H22F5N5O/c22-20(23)1-3-30(4-2-20)19-6-13(7-19)16(8-19)31-10-15(29-17(31)11-32)12-5-14(21(24,25)26)18(27)28-9-12/h5,9-11,13,16H,1-4,6-8H2,(H2,27,28). The number of carbonyl (C=O) groups is 1. The van der Waals surface area contributed by atoms with Gasteiger partial charge in [0.1, 0.15) is 5.82 Å². The van der Waals surface area contributed by atoms with Crippen molar-refractivity contribution in [2.75, 3.05) is 18.8 Å². The molecular formula is C21H22F5N5O. The Labute approximate surface area is 180 Å². The zero-order valence-corrected chi connectivity index (χ0v) is 17.1. The quantitative estimate of drug-likeness (QED) is 0.553. The number of carbonyl (C=O) groups excluding carboxylic acids is 1. The van der Waals surface area contributed by atoms with Gasteiger partial charge >= 0.3 is 6.18 Å². The highest BCUT2D eigenvalue weighted by Crippen LogP contribution is 2.61. The van der Waals surface area contributed by atoms with E-state index in [9.17, 15) is 26.7 Å². The summed E-state index contributed by atoms with van der Waals surface area (Å²) < 4.78 is 68.5. The van der Waals surface area contributed by atoms with Gasteiger partial charge in [0, 0.05) is 55.5 Å². The lowest BCUT2D eigenvalue weighted by molar-refractivity contribution is -0.137. The van der Waals surface area contributed by atoms with Crippen LogP contribution in [0.2, 0.25) is 0 Å². The largest absolute Gasteiger partial charge is 0.419 e. The maximum atomic E-state index is 13.6. The fourth-order valence-corrected chi connectivity index (χ4v) is 5.67. The van der Waals surface area contributed by atoms with Gasteiger partial charge in [-0.2, -0.15) is 13.2 Å². The molecule has 0 spiro atoms. The van der Waals surface area contributed by atoms with E-state index in [2.05, 4.69) is 14.9 Å². The van der Waals surface area contributed by atoms with Crippen LogP contribution in [-0.4, -0.2) is 50.3 Å². The van der Waals surface area contributed by atoms with Gasteiger partial charge < -0.3 is 10.3 Å². The number of aromatic nitrogens is 3. The molecule has 172 valence electrons. The number of nitrogens with zero attached hydrogens (tertiary/aromatic N) is 4. The third kappa shape index (κ3) is 3.37. The maximum Gasteiger partial charge on any atom is 0.419 e. The number of imidazole rings is 1. The first-order valence-electron chi connectivity index (χ1n) is 10.5. The van der Waals surface area contributed by atoms with E-state index in [-0.39, 0.29) is 47.4 Å². The van der Waals surface area contributed by atoms with Gasteiger partial charge in [-0.15, -0.1) is 0 Å². The first-order valence-corrected chi connectivity index (χ1v) is 10.5. The van der Waals surface area contributed by atoms with Gasteiger partial charge in [0.05, 0.1) is 11.3 Å². The van der Waals surface area contributed by atoms with Crippen LogP contribution >= 0.6 is 0 Å². The fraction of sp³-hybridized carbons (Fsp3) is 0.571. The molecule has 4 fully saturated rings. The van der Waals surface area contributed by atoms with Crippen LogP contribution in [0, 0.1) is 5.92 Å². The molecule has 2 N–H and O–H groups in total. The Balaban J connectivity index is 1.41. The van der Waals surface area contributed by atoms with Crippen LogP contribution < -0.4 is 5.73 Å². The summed E-state index contributed by atoms with van der Waals surface area (Å²) in [6.45, 7) is 0.693. The number of fused-ring (bicyclic) bond motifs is 1. The molecule has 0 amide bonds. The maximum absolute atomic E-state index is 13.6. The summed E-state index contributed by atoms with van der Waals surface area (Å²) in [5, 5.41) is 0. The summed E-state index contributed by atoms with van der Waals surface area (Å²) in [6, 6.07) is 0.829. The van der Waals surface area contributed by atoms with Crippen molar-refractivity contribution < 1.29 is 26.7 Å². The molecule has 1 unspecified atom stereocenters. The number of piperidine rings is 1. The molecule has 11 heteroatoms. The Kier molecular flexibility index (Phi) is 4.64. The summed E-state index contributed by atoms with van der Waals surface area (Å²) in [5.74, 6) is -2.83. The van der Waals surface area contributed by atoms with Crippen LogP contribution in [0.5, 0.6) is 0 Å². The summed E-state index contributed by atoms with van der Waals surface area (Å²) >= 11 is 0. The van der Waals surface area contributed by atoms with Crippen molar-refractivity contribution in [3.8, 4) is 11.3 Å². The van der Waals surface area contributed by atoms with Crippen LogP contribution in [-0.2, 0) is 6.18 Å². The lowest BCUT2D eigenvalue weighted by Gasteiger charge is -2.50. The molecule has 3 aliphatic carbocycles. The smallest absolute Gasteiger partial charge is 0.383 e. The molecule has 2 aromatic heterocycles. The molecule has 2 aromatic rings. The predicted molar refractivity (Wildman–Crippen MR) is 105 cm³/mol. The third-order valence-corrected chi connectivity index (χ3v) is 7.33. The van der Waals surface area contributed by atoms with Crippen LogP contribution in [0.25, 0.3) is 11.3 Å². The average Bonchev–Trinajstić information content (AvgIpc) is 3.38. The molecule has 32 heavy (non-hydrogen) atoms. The minimum absolute atomic E-state index is 0.0530. The number of likely N-dealkylation sites (tertiary alicyclic amines) is 1. The zero-order valence-electron chi connectivity index (χ0n) is 17.1. The van der Waals surface area contributed by atoms with Gasteiger partial charge in [0.2, 0.25) is 0 Å². The lowest BCUT2D eigenvalue weighted by atomic mass is 9.74. The molecule has 1 aliphatic heterocycles. The number of nitrogens with two attached hydrogens (primary N) is 1. The van der Waals surface area contributed by atoms with Crippen LogP contribution in [0.4, 0.5) is 27.8 Å². The summed E-state index contributed by atoms with van der Waals surface area (Å²) in [4.78, 5) is 21.7. The van der Waals surface area contributed by atoms with Crippen molar-refractivity contribution in [2.45, 2.75) is 55.8 Å². The molecule has 3 saturated carbocycles.